The molecule has 2 amide bonds. The third-order valence-corrected chi connectivity index (χ3v) is 7.43. The zero-order chi connectivity index (χ0) is 25.0. The van der Waals surface area contributed by atoms with Crippen LogP contribution in [0.3, 0.4) is 0 Å². The smallest absolute Gasteiger partial charge is 0.248 e. The van der Waals surface area contributed by atoms with E-state index in [1.807, 2.05) is 27.0 Å². The normalized spacial score (nSPS) is 24.3. The highest BCUT2D eigenvalue weighted by Crippen LogP contribution is 2.47. The number of nitrogens with one attached hydrogen (secondary N) is 1. The fourth-order valence-electron chi connectivity index (χ4n) is 5.06. The van der Waals surface area contributed by atoms with Crippen LogP contribution in [0.5, 0.6) is 0 Å². The molecule has 9 nitrogen and oxygen atoms in total. The summed E-state index contributed by atoms with van der Waals surface area (Å²) in [6.07, 6.45) is 6.32. The van der Waals surface area contributed by atoms with Crippen molar-refractivity contribution in [2.24, 2.45) is 5.41 Å². The number of nitrogens with zero attached hydrogens (tertiary/aromatic N) is 5. The number of hydrogen-bond acceptors (Lipinski definition) is 6. The average Bonchev–Trinajstić information content (AvgIpc) is 3.71. The Morgan fingerprint density at radius 3 is 2.63 bits per heavy atom. The number of amides is 2. The maximum Gasteiger partial charge on any atom is 0.248 e. The van der Waals surface area contributed by atoms with Gasteiger partial charge in [0.05, 0.1) is 18.0 Å². The molecule has 3 aliphatic rings. The molecule has 2 aromatic rings. The van der Waals surface area contributed by atoms with Crippen molar-refractivity contribution in [3.63, 3.8) is 0 Å². The lowest BCUT2D eigenvalue weighted by Gasteiger charge is -2.34. The van der Waals surface area contributed by atoms with Crippen LogP contribution in [0.1, 0.15) is 76.2 Å². The third kappa shape index (κ3) is 4.80. The molecule has 5 rings (SSSR count). The van der Waals surface area contributed by atoms with Crippen molar-refractivity contribution < 1.29 is 19.1 Å². The summed E-state index contributed by atoms with van der Waals surface area (Å²) in [5.41, 5.74) is 0.867. The van der Waals surface area contributed by atoms with Gasteiger partial charge in [-0.25, -0.2) is 9.07 Å². The van der Waals surface area contributed by atoms with Gasteiger partial charge in [0.25, 0.3) is 0 Å². The Kier molecular flexibility index (Phi) is 5.89. The highest BCUT2D eigenvalue weighted by Gasteiger charge is 2.48. The molecule has 3 fully saturated rings. The second kappa shape index (κ2) is 8.65. The summed E-state index contributed by atoms with van der Waals surface area (Å²) in [6.45, 7) is 6.33. The first-order valence-corrected chi connectivity index (χ1v) is 12.4. The van der Waals surface area contributed by atoms with E-state index >= 15 is 0 Å². The van der Waals surface area contributed by atoms with Crippen molar-refractivity contribution in [3.05, 3.63) is 41.7 Å². The lowest BCUT2D eigenvalue weighted by atomic mass is 9.85. The number of pyridine rings is 1. The molecule has 3 atom stereocenters. The Hall–Kier alpha value is -2.88. The van der Waals surface area contributed by atoms with Crippen molar-refractivity contribution in [2.45, 2.75) is 82.4 Å². The van der Waals surface area contributed by atoms with Crippen LogP contribution in [0.25, 0.3) is 0 Å². The van der Waals surface area contributed by atoms with Gasteiger partial charge in [-0.15, -0.1) is 5.10 Å². The van der Waals surface area contributed by atoms with Gasteiger partial charge in [-0.3, -0.25) is 14.6 Å². The molecule has 0 bridgehead atoms. The Labute approximate surface area is 204 Å². The number of halogens is 1. The van der Waals surface area contributed by atoms with Crippen LogP contribution in [-0.2, 0) is 15.0 Å². The number of aliphatic hydroxyl groups is 1. The van der Waals surface area contributed by atoms with Crippen molar-refractivity contribution in [1.29, 1.82) is 0 Å². The number of carbonyl (C=O) groups excluding carboxylic acids is 2. The summed E-state index contributed by atoms with van der Waals surface area (Å²) in [6, 6.07) is 1.61. The van der Waals surface area contributed by atoms with Gasteiger partial charge in [0.15, 0.2) is 0 Å². The van der Waals surface area contributed by atoms with Gasteiger partial charge in [-0.2, -0.15) is 0 Å². The second-order valence-corrected chi connectivity index (χ2v) is 11.4. The second-order valence-electron chi connectivity index (χ2n) is 11.4. The minimum atomic E-state index is -0.776. The quantitative estimate of drug-likeness (QED) is 0.622. The molecule has 10 heteroatoms. The van der Waals surface area contributed by atoms with Crippen LogP contribution in [-0.4, -0.2) is 67.0 Å². The molecule has 0 aromatic carbocycles. The third-order valence-electron chi connectivity index (χ3n) is 7.43. The van der Waals surface area contributed by atoms with Crippen LogP contribution >= 0.6 is 0 Å². The van der Waals surface area contributed by atoms with Crippen LogP contribution in [0, 0.1) is 11.2 Å². The van der Waals surface area contributed by atoms with Gasteiger partial charge in [0.1, 0.15) is 17.9 Å². The number of likely N-dealkylation sites (tertiary alicyclic amines) is 1. The molecule has 1 saturated heterocycles. The van der Waals surface area contributed by atoms with Gasteiger partial charge in [-0.05, 0) is 43.2 Å². The van der Waals surface area contributed by atoms with E-state index < -0.39 is 29.4 Å². The lowest BCUT2D eigenvalue weighted by molar-refractivity contribution is -0.144. The zero-order valence-corrected chi connectivity index (χ0v) is 20.4. The molecule has 2 saturated carbocycles. The average molecular weight is 485 g/mol. The van der Waals surface area contributed by atoms with Crippen LogP contribution in [0.15, 0.2) is 24.5 Å². The van der Waals surface area contributed by atoms with E-state index in [1.165, 1.54) is 17.2 Å². The monoisotopic (exact) mass is 484 g/mol. The van der Waals surface area contributed by atoms with E-state index in [2.05, 4.69) is 20.6 Å². The maximum absolute atomic E-state index is 13.8. The minimum absolute atomic E-state index is 0.0956. The molecule has 35 heavy (non-hydrogen) atoms. The summed E-state index contributed by atoms with van der Waals surface area (Å²) in [5.74, 6) is -0.527. The number of carbonyl (C=O) groups is 2. The Morgan fingerprint density at radius 2 is 2.03 bits per heavy atom. The molecule has 0 unspecified atom stereocenters. The van der Waals surface area contributed by atoms with Gasteiger partial charge in [0.2, 0.25) is 11.8 Å². The lowest BCUT2D eigenvalue weighted by Crippen LogP contribution is -2.51. The summed E-state index contributed by atoms with van der Waals surface area (Å²) in [7, 11) is 0. The predicted octanol–water partition coefficient (Wildman–Crippen LogP) is 2.09. The summed E-state index contributed by atoms with van der Waals surface area (Å²) in [4.78, 5) is 32.7. The van der Waals surface area contributed by atoms with Crippen LogP contribution in [0.4, 0.5) is 4.39 Å². The van der Waals surface area contributed by atoms with Gasteiger partial charge in [0, 0.05) is 42.7 Å². The van der Waals surface area contributed by atoms with E-state index in [9.17, 15) is 19.1 Å². The first-order valence-electron chi connectivity index (χ1n) is 12.4. The van der Waals surface area contributed by atoms with E-state index in [4.69, 9.17) is 0 Å². The molecule has 2 aromatic heterocycles. The van der Waals surface area contributed by atoms with Crippen molar-refractivity contribution in [1.82, 2.24) is 30.2 Å². The van der Waals surface area contributed by atoms with Crippen molar-refractivity contribution >= 4 is 11.8 Å². The Balaban J connectivity index is 1.31. The van der Waals surface area contributed by atoms with Crippen LogP contribution in [0.2, 0.25) is 0 Å². The Bertz CT molecular complexity index is 1100. The highest BCUT2D eigenvalue weighted by molar-refractivity contribution is 5.90. The number of aliphatic hydroxyl groups excluding tert-OH is 1. The first kappa shape index (κ1) is 23.8. The fraction of sp³-hybridized carbons (Fsp3) is 0.640. The molecule has 0 radical (unpaired) electrons. The molecule has 2 aliphatic carbocycles. The van der Waals surface area contributed by atoms with E-state index in [-0.39, 0.29) is 30.2 Å². The topological polar surface area (TPSA) is 113 Å². The number of rotatable bonds is 7. The standard InChI is InChI=1S/C25H33FN6O3/c1-24(2,3)21(32-13-18(29-30-32)15-4-5-15)23(35)31-12-17(33)10-19(31)22(34)28-14-25(8-9-25)20-7-6-16(26)11-27-20/h6-7,11,13,15,17,19,21,33H,4-5,8-10,12,14H2,1-3H3,(H,28,34)/t17-,19+,21-/m1/s1. The largest absolute Gasteiger partial charge is 0.391 e. The van der Waals surface area contributed by atoms with Gasteiger partial charge >= 0.3 is 0 Å². The summed E-state index contributed by atoms with van der Waals surface area (Å²) >= 11 is 0. The van der Waals surface area contributed by atoms with E-state index in [0.29, 0.717) is 12.5 Å². The number of hydrogen-bond donors (Lipinski definition) is 2. The molecule has 1 aliphatic heterocycles. The molecular weight excluding hydrogens is 451 g/mol. The SMILES string of the molecule is CC(C)(C)[C@@H](C(=O)N1C[C@H](O)C[C@H]1C(=O)NCC1(c2ccc(F)cn2)CC1)n1cc(C2CC2)nn1. The van der Waals surface area contributed by atoms with Gasteiger partial charge < -0.3 is 15.3 Å². The van der Waals surface area contributed by atoms with E-state index in [0.717, 1.165) is 37.1 Å². The first-order chi connectivity index (χ1) is 16.6. The minimum Gasteiger partial charge on any atom is -0.391 e. The van der Waals surface area contributed by atoms with Crippen LogP contribution < -0.4 is 5.32 Å². The molecule has 3 heterocycles. The van der Waals surface area contributed by atoms with E-state index in [1.54, 1.807) is 10.7 Å². The van der Waals surface area contributed by atoms with Crippen molar-refractivity contribution in [3.8, 4) is 0 Å². The summed E-state index contributed by atoms with van der Waals surface area (Å²) < 4.78 is 14.9. The molecule has 0 spiro atoms. The highest BCUT2D eigenvalue weighted by atomic mass is 19.1. The molecular formula is C25H33FN6O3. The zero-order valence-electron chi connectivity index (χ0n) is 20.4. The molecule has 2 N–H and O–H groups in total. The number of aromatic nitrogens is 4. The van der Waals surface area contributed by atoms with Gasteiger partial charge in [-0.1, -0.05) is 26.0 Å². The molecule has 188 valence electrons. The summed E-state index contributed by atoms with van der Waals surface area (Å²) in [5, 5.41) is 21.9. The predicted molar refractivity (Wildman–Crippen MR) is 125 cm³/mol. The van der Waals surface area contributed by atoms with Crippen molar-refractivity contribution in [2.75, 3.05) is 13.1 Å². The maximum atomic E-state index is 13.8. The Morgan fingerprint density at radius 1 is 1.29 bits per heavy atom. The number of β-amino-alcohol motifs (C(OH)–C–C–N with tert-alkyl or cyclic N) is 1. The fourth-order valence-corrected chi connectivity index (χ4v) is 5.06.